The van der Waals surface area contributed by atoms with Crippen molar-refractivity contribution in [1.82, 2.24) is 24.6 Å². The lowest BCUT2D eigenvalue weighted by Crippen LogP contribution is -2.37. The lowest BCUT2D eigenvalue weighted by Gasteiger charge is -2.20. The number of fused-ring (bicyclic) bond motifs is 1. The van der Waals surface area contributed by atoms with Crippen molar-refractivity contribution in [2.45, 2.75) is 25.0 Å². The first-order valence-corrected chi connectivity index (χ1v) is 12.3. The third kappa shape index (κ3) is 5.68. The molecule has 3 heterocycles. The van der Waals surface area contributed by atoms with E-state index in [1.165, 1.54) is 35.9 Å². The van der Waals surface area contributed by atoms with E-state index < -0.39 is 42.5 Å². The van der Waals surface area contributed by atoms with Gasteiger partial charge in [0.25, 0.3) is 5.56 Å². The van der Waals surface area contributed by atoms with Gasteiger partial charge in [0, 0.05) is 25.1 Å². The summed E-state index contributed by atoms with van der Waals surface area (Å²) in [7, 11) is -11.4. The fraction of sp³-hybridized carbons (Fsp3) is 0.545. The van der Waals surface area contributed by atoms with Gasteiger partial charge in [0.2, 0.25) is 0 Å². The predicted octanol–water partition coefficient (Wildman–Crippen LogP) is -0.205. The van der Waals surface area contributed by atoms with Crippen LogP contribution in [-0.2, 0) is 43.5 Å². The number of aromatic nitrogens is 4. The highest BCUT2D eigenvalue weighted by atomic mass is 31.3. The van der Waals surface area contributed by atoms with Crippen molar-refractivity contribution in [2.24, 2.45) is 7.05 Å². The Bertz CT molecular complexity index is 1140. The molecule has 2 aromatic rings. The van der Waals surface area contributed by atoms with Crippen molar-refractivity contribution < 1.29 is 51.1 Å². The molecule has 2 aromatic heterocycles. The number of phosphoric acid groups is 2. The molecule has 4 N–H and O–H groups in total. The number of hydroxylamine groups is 1. The molecule has 3 unspecified atom stereocenters. The van der Waals surface area contributed by atoms with Gasteiger partial charge in [-0.15, -0.1) is 4.89 Å². The maximum atomic E-state index is 12.1. The molecule has 20 heteroatoms. The number of aryl methyl sites for hydroxylation is 1. The zero-order valence-corrected chi connectivity index (χ0v) is 18.4. The lowest BCUT2D eigenvalue weighted by molar-refractivity contribution is -0.0967. The SMILES string of the molecule is CO[C@H]1C[C@H](n2cnc3c(=O)n(C)cnc32)O[C@@H]1NOP(=O)(O)OP(=O)(O)O[P+](=O)O. The Morgan fingerprint density at radius 1 is 1.29 bits per heavy atom. The number of rotatable bonds is 9. The van der Waals surface area contributed by atoms with E-state index in [9.17, 15) is 23.4 Å². The average molecular weight is 504 g/mol. The number of nitrogens with one attached hydrogen (secondary N) is 1. The molecule has 0 aromatic carbocycles. The van der Waals surface area contributed by atoms with Gasteiger partial charge in [-0.1, -0.05) is 0 Å². The summed E-state index contributed by atoms with van der Waals surface area (Å²) in [6.07, 6.45) is 0.0900. The van der Waals surface area contributed by atoms with Gasteiger partial charge in [0.05, 0.1) is 12.7 Å². The molecule has 0 spiro atoms. The summed E-state index contributed by atoms with van der Waals surface area (Å²) in [4.78, 5) is 47.4. The molecule has 0 aliphatic carbocycles. The molecule has 172 valence electrons. The van der Waals surface area contributed by atoms with E-state index in [1.54, 1.807) is 0 Å². The average Bonchev–Trinajstić information content (AvgIpc) is 3.25. The van der Waals surface area contributed by atoms with E-state index in [4.69, 9.17) is 19.3 Å². The summed E-state index contributed by atoms with van der Waals surface area (Å²) < 4.78 is 59.1. The molecule has 1 fully saturated rings. The quantitative estimate of drug-likeness (QED) is 0.256. The largest absolute Gasteiger partial charge is 0.705 e. The van der Waals surface area contributed by atoms with Crippen molar-refractivity contribution >= 4 is 35.1 Å². The van der Waals surface area contributed by atoms with E-state index in [0.717, 1.165) is 0 Å². The van der Waals surface area contributed by atoms with Gasteiger partial charge in [-0.05, 0) is 4.31 Å². The summed E-state index contributed by atoms with van der Waals surface area (Å²) in [5.41, 5.74) is 1.99. The summed E-state index contributed by atoms with van der Waals surface area (Å²) in [5, 5.41) is 0. The molecule has 1 aliphatic heterocycles. The van der Waals surface area contributed by atoms with Crippen LogP contribution >= 0.6 is 23.9 Å². The standard InChI is InChI=1S/C11H16N5O12P3/c1-15-4-13-9-8(11(15)17)12-5-16(9)7-3-6(24-2)10(25-7)14-26-30(20,21)28-31(22,23)27-29(18)19/h4-7,10,14H,3H2,1-2H3,(H2-,18,19,20,21,22,23)/p+1/t6-,7+,10-/m0/s1. The highest BCUT2D eigenvalue weighted by Gasteiger charge is 2.45. The number of methoxy groups -OCH3 is 1. The first-order chi connectivity index (χ1) is 14.4. The van der Waals surface area contributed by atoms with Crippen LogP contribution in [-0.4, -0.2) is 53.2 Å². The third-order valence-electron chi connectivity index (χ3n) is 4.00. The van der Waals surface area contributed by atoms with E-state index in [0.29, 0.717) is 0 Å². The molecule has 17 nitrogen and oxygen atoms in total. The molecule has 0 bridgehead atoms. The van der Waals surface area contributed by atoms with Crippen molar-refractivity contribution in [3.8, 4) is 0 Å². The van der Waals surface area contributed by atoms with Gasteiger partial charge >= 0.3 is 23.9 Å². The molecule has 0 radical (unpaired) electrons. The van der Waals surface area contributed by atoms with Gasteiger partial charge in [-0.2, -0.15) is 14.4 Å². The Labute approximate surface area is 173 Å². The predicted molar refractivity (Wildman–Crippen MR) is 98.0 cm³/mol. The van der Waals surface area contributed by atoms with Crippen molar-refractivity contribution in [2.75, 3.05) is 7.11 Å². The Kier molecular flexibility index (Phi) is 7.18. The second-order valence-corrected chi connectivity index (χ2v) is 9.89. The van der Waals surface area contributed by atoms with Gasteiger partial charge in [0.1, 0.15) is 12.3 Å². The van der Waals surface area contributed by atoms with E-state index in [1.807, 2.05) is 5.48 Å². The van der Waals surface area contributed by atoms with Gasteiger partial charge < -0.3 is 18.9 Å². The van der Waals surface area contributed by atoms with Crippen molar-refractivity contribution in [3.05, 3.63) is 23.0 Å². The normalized spacial score (nSPS) is 26.0. The third-order valence-corrected chi connectivity index (χ3v) is 7.37. The van der Waals surface area contributed by atoms with Crippen LogP contribution < -0.4 is 11.0 Å². The topological polar surface area (TPSA) is 223 Å². The smallest absolute Gasteiger partial charge is 0.377 e. The number of imidazole rings is 1. The Morgan fingerprint density at radius 2 is 2.00 bits per heavy atom. The van der Waals surface area contributed by atoms with Gasteiger partial charge in [0.15, 0.2) is 17.4 Å². The molecule has 1 aliphatic rings. The Hall–Kier alpha value is -1.45. The number of hydrogen-bond acceptors (Lipinski definition) is 12. The monoisotopic (exact) mass is 504 g/mol. The van der Waals surface area contributed by atoms with Crippen LogP contribution in [0.25, 0.3) is 11.2 Å². The molecule has 6 atom stereocenters. The molecule has 31 heavy (non-hydrogen) atoms. The molecular formula is C11H17N5O12P3+. The van der Waals surface area contributed by atoms with Crippen LogP contribution in [0.4, 0.5) is 0 Å². The summed E-state index contributed by atoms with van der Waals surface area (Å²) >= 11 is 0. The van der Waals surface area contributed by atoms with Crippen LogP contribution in [0.1, 0.15) is 12.6 Å². The second-order valence-electron chi connectivity index (χ2n) is 6.05. The fourth-order valence-electron chi connectivity index (χ4n) is 2.71. The van der Waals surface area contributed by atoms with Gasteiger partial charge in [-0.3, -0.25) is 14.3 Å². The molecule has 3 rings (SSSR count). The van der Waals surface area contributed by atoms with E-state index in [2.05, 4.69) is 23.2 Å². The minimum atomic E-state index is -5.38. The lowest BCUT2D eigenvalue weighted by atomic mass is 10.2. The van der Waals surface area contributed by atoms with Crippen LogP contribution in [0.5, 0.6) is 0 Å². The van der Waals surface area contributed by atoms with Gasteiger partial charge in [-0.25, -0.2) is 19.1 Å². The number of nitrogens with zero attached hydrogens (tertiary/aromatic N) is 4. The van der Waals surface area contributed by atoms with Crippen LogP contribution in [0.3, 0.4) is 0 Å². The van der Waals surface area contributed by atoms with Crippen LogP contribution in [0, 0.1) is 0 Å². The maximum Gasteiger partial charge on any atom is 0.705 e. The highest BCUT2D eigenvalue weighted by molar-refractivity contribution is 7.64. The summed E-state index contributed by atoms with van der Waals surface area (Å²) in [5.74, 6) is 0. The second kappa shape index (κ2) is 9.19. The maximum absolute atomic E-state index is 12.1. The number of ether oxygens (including phenoxy) is 2. The van der Waals surface area contributed by atoms with Crippen LogP contribution in [0.2, 0.25) is 0 Å². The fourth-order valence-corrected chi connectivity index (χ4v) is 5.22. The zero-order valence-electron chi connectivity index (χ0n) is 15.7. The van der Waals surface area contributed by atoms with Crippen LogP contribution in [0.15, 0.2) is 17.4 Å². The Morgan fingerprint density at radius 3 is 2.65 bits per heavy atom. The summed E-state index contributed by atoms with van der Waals surface area (Å²) in [6.45, 7) is 0. The first-order valence-electron chi connectivity index (χ1n) is 8.16. The van der Waals surface area contributed by atoms with Crippen molar-refractivity contribution in [1.29, 1.82) is 0 Å². The van der Waals surface area contributed by atoms with E-state index >= 15 is 0 Å². The molecular weight excluding hydrogens is 487 g/mol. The molecule has 1 saturated heterocycles. The minimum absolute atomic E-state index is 0.101. The number of hydrogen-bond donors (Lipinski definition) is 4. The molecule has 0 amide bonds. The highest BCUT2D eigenvalue weighted by Crippen LogP contribution is 2.63. The first kappa shape index (κ1) is 24.2. The zero-order chi connectivity index (χ0) is 23.0. The summed E-state index contributed by atoms with van der Waals surface area (Å²) in [6, 6.07) is 0. The minimum Gasteiger partial charge on any atom is -0.377 e. The van der Waals surface area contributed by atoms with E-state index in [-0.39, 0.29) is 23.1 Å². The molecule has 0 saturated carbocycles. The Balaban J connectivity index is 1.71. The van der Waals surface area contributed by atoms with Crippen molar-refractivity contribution in [3.63, 3.8) is 0 Å².